The van der Waals surface area contributed by atoms with Gasteiger partial charge in [-0.05, 0) is 157 Å². The summed E-state index contributed by atoms with van der Waals surface area (Å²) in [7, 11) is 0. The maximum atomic E-state index is 2.49. The van der Waals surface area contributed by atoms with Crippen LogP contribution >= 0.6 is 0 Å². The van der Waals surface area contributed by atoms with Gasteiger partial charge in [0.25, 0.3) is 0 Å². The van der Waals surface area contributed by atoms with Crippen LogP contribution in [0.3, 0.4) is 0 Å². The highest BCUT2D eigenvalue weighted by molar-refractivity contribution is 6.10. The first kappa shape index (κ1) is 37.2. The minimum atomic E-state index is 1.13. The summed E-state index contributed by atoms with van der Waals surface area (Å²) in [5, 5.41) is 7.35. The van der Waals surface area contributed by atoms with Gasteiger partial charge in [-0.1, -0.05) is 109 Å². The number of fused-ring (bicyclic) bond motifs is 5. The predicted octanol–water partition coefficient (Wildman–Crippen LogP) is 16.1. The average Bonchev–Trinajstić information content (AvgIpc) is 3.74. The lowest BCUT2D eigenvalue weighted by molar-refractivity contribution is 1.02. The quantitative estimate of drug-likeness (QED) is 0.152. The largest absolute Gasteiger partial charge is 0.312 e. The summed E-state index contributed by atoms with van der Waals surface area (Å²) in [5.74, 6) is 0. The molecule has 0 aliphatic rings. The van der Waals surface area contributed by atoms with Crippen LogP contribution in [0.5, 0.6) is 0 Å². The van der Waals surface area contributed by atoms with Crippen LogP contribution in [0.15, 0.2) is 206 Å². The highest BCUT2D eigenvalue weighted by Crippen LogP contribution is 2.42. The number of aryl methyl sites for hydroxylation is 2. The summed E-state index contributed by atoms with van der Waals surface area (Å²) in [6.07, 6.45) is 0. The molecule has 0 aliphatic heterocycles. The Labute approximate surface area is 362 Å². The number of anilines is 6. The molecule has 9 aromatic carbocycles. The minimum Gasteiger partial charge on any atom is -0.312 e. The molecule has 0 radical (unpaired) electrons. The third-order valence-electron chi connectivity index (χ3n) is 12.9. The highest BCUT2D eigenvalue weighted by Gasteiger charge is 2.23. The van der Waals surface area contributed by atoms with Crippen LogP contribution in [0.1, 0.15) is 22.5 Å². The average molecular weight is 799 g/mol. The van der Waals surface area contributed by atoms with E-state index in [9.17, 15) is 0 Å². The van der Waals surface area contributed by atoms with Crippen LogP contribution in [0.25, 0.3) is 54.7 Å². The Hall–Kier alpha value is -7.82. The molecule has 2 heterocycles. The standard InChI is InChI=1S/C58H46N4/c1-39-41(3)59(51-29-25-45-37-53(31-27-43(45)35-51)61(47-17-9-5-10-18-47)48-19-11-6-12-20-48)57-55(39)33-34-56-40(2)42(4)60(58(56)57)52-30-26-46-38-54(32-28-44(46)36-52)62(49-21-13-7-14-22-49)50-23-15-8-16-24-50/h5-38H,1-4H3. The number of aromatic nitrogens is 2. The first-order chi connectivity index (χ1) is 30.4. The van der Waals surface area contributed by atoms with Gasteiger partial charge < -0.3 is 18.9 Å². The Morgan fingerprint density at radius 1 is 0.290 bits per heavy atom. The molecule has 0 saturated heterocycles. The monoisotopic (exact) mass is 798 g/mol. The third-order valence-corrected chi connectivity index (χ3v) is 12.9. The van der Waals surface area contributed by atoms with Crippen LogP contribution in [-0.2, 0) is 0 Å². The molecule has 0 N–H and O–H groups in total. The lowest BCUT2D eigenvalue weighted by Gasteiger charge is -2.25. The molecule has 298 valence electrons. The zero-order valence-corrected chi connectivity index (χ0v) is 35.4. The zero-order chi connectivity index (χ0) is 41.9. The van der Waals surface area contributed by atoms with Crippen LogP contribution in [0, 0.1) is 27.7 Å². The van der Waals surface area contributed by atoms with Gasteiger partial charge in [0.15, 0.2) is 0 Å². The van der Waals surface area contributed by atoms with Crippen LogP contribution < -0.4 is 9.80 Å². The molecule has 11 rings (SSSR count). The van der Waals surface area contributed by atoms with E-state index in [0.717, 1.165) is 45.5 Å². The number of hydrogen-bond acceptors (Lipinski definition) is 2. The second kappa shape index (κ2) is 15.0. The number of para-hydroxylation sites is 4. The summed E-state index contributed by atoms with van der Waals surface area (Å²) >= 11 is 0. The lowest BCUT2D eigenvalue weighted by Crippen LogP contribution is -2.09. The summed E-state index contributed by atoms with van der Waals surface area (Å²) in [5.41, 5.74) is 16.7. The Kier molecular flexibility index (Phi) is 9.01. The zero-order valence-electron chi connectivity index (χ0n) is 35.4. The predicted molar refractivity (Wildman–Crippen MR) is 263 cm³/mol. The van der Waals surface area contributed by atoms with E-state index in [1.807, 2.05) is 0 Å². The SMILES string of the molecule is Cc1c(C)n(-c2ccc3cc(N(c4ccccc4)c4ccccc4)ccc3c2)c2c1ccc1c(C)c(C)n(-c3ccc4cc(N(c5ccccc5)c5ccccc5)ccc4c3)c12. The van der Waals surface area contributed by atoms with Gasteiger partial charge in [0.05, 0.1) is 11.0 Å². The van der Waals surface area contributed by atoms with Crippen LogP contribution in [0.2, 0.25) is 0 Å². The fourth-order valence-electron chi connectivity index (χ4n) is 9.54. The van der Waals surface area contributed by atoms with Crippen molar-refractivity contribution in [2.75, 3.05) is 9.80 Å². The van der Waals surface area contributed by atoms with E-state index in [0.29, 0.717) is 0 Å². The molecule has 4 nitrogen and oxygen atoms in total. The van der Waals surface area contributed by atoms with Gasteiger partial charge in [-0.15, -0.1) is 0 Å². The maximum Gasteiger partial charge on any atom is 0.0782 e. The van der Waals surface area contributed by atoms with Crippen molar-refractivity contribution in [3.63, 3.8) is 0 Å². The molecule has 0 saturated carbocycles. The second-order valence-electron chi connectivity index (χ2n) is 16.4. The Balaban J connectivity index is 1.04. The molecule has 0 atom stereocenters. The molecule has 0 bridgehead atoms. The maximum absolute atomic E-state index is 2.49. The first-order valence-electron chi connectivity index (χ1n) is 21.4. The van der Waals surface area contributed by atoms with E-state index >= 15 is 0 Å². The van der Waals surface area contributed by atoms with Crippen molar-refractivity contribution in [1.29, 1.82) is 0 Å². The van der Waals surface area contributed by atoms with Crippen molar-refractivity contribution in [2.24, 2.45) is 0 Å². The van der Waals surface area contributed by atoms with E-state index < -0.39 is 0 Å². The van der Waals surface area contributed by atoms with Gasteiger partial charge in [0, 0.05) is 67.7 Å². The lowest BCUT2D eigenvalue weighted by atomic mass is 10.1. The van der Waals surface area contributed by atoms with Crippen molar-refractivity contribution < 1.29 is 0 Å². The van der Waals surface area contributed by atoms with Gasteiger partial charge in [0.2, 0.25) is 0 Å². The van der Waals surface area contributed by atoms with Crippen molar-refractivity contribution in [1.82, 2.24) is 9.13 Å². The Bertz CT molecular complexity index is 3130. The normalized spacial score (nSPS) is 11.5. The molecule has 0 fully saturated rings. The fourth-order valence-corrected chi connectivity index (χ4v) is 9.54. The van der Waals surface area contributed by atoms with E-state index in [2.05, 4.69) is 253 Å². The van der Waals surface area contributed by atoms with E-state index in [4.69, 9.17) is 0 Å². The smallest absolute Gasteiger partial charge is 0.0782 e. The van der Waals surface area contributed by atoms with E-state index in [1.165, 1.54) is 65.9 Å². The Morgan fingerprint density at radius 2 is 0.597 bits per heavy atom. The molecule has 4 heteroatoms. The molecular formula is C58H46N4. The van der Waals surface area contributed by atoms with Crippen molar-refractivity contribution in [2.45, 2.75) is 27.7 Å². The van der Waals surface area contributed by atoms with Gasteiger partial charge >= 0.3 is 0 Å². The van der Waals surface area contributed by atoms with Gasteiger partial charge in [0.1, 0.15) is 0 Å². The summed E-state index contributed by atoms with van der Waals surface area (Å²) < 4.78 is 4.98. The molecule has 2 aromatic heterocycles. The molecule has 0 spiro atoms. The summed E-state index contributed by atoms with van der Waals surface area (Å²) in [6, 6.07) is 74.6. The fraction of sp³-hybridized carbons (Fsp3) is 0.0690. The number of hydrogen-bond donors (Lipinski definition) is 0. The van der Waals surface area contributed by atoms with Crippen LogP contribution in [0.4, 0.5) is 34.1 Å². The van der Waals surface area contributed by atoms with Gasteiger partial charge in [-0.2, -0.15) is 0 Å². The molecule has 0 unspecified atom stereocenters. The summed E-state index contributed by atoms with van der Waals surface area (Å²) in [4.78, 5) is 4.65. The van der Waals surface area contributed by atoms with Crippen molar-refractivity contribution in [3.8, 4) is 11.4 Å². The number of nitrogens with zero attached hydrogens (tertiary/aromatic N) is 4. The first-order valence-corrected chi connectivity index (χ1v) is 21.4. The van der Waals surface area contributed by atoms with Crippen molar-refractivity contribution >= 4 is 77.5 Å². The number of benzene rings is 9. The summed E-state index contributed by atoms with van der Waals surface area (Å²) in [6.45, 7) is 9.06. The van der Waals surface area contributed by atoms with Crippen molar-refractivity contribution in [3.05, 3.63) is 229 Å². The topological polar surface area (TPSA) is 16.3 Å². The third kappa shape index (κ3) is 6.14. The molecule has 11 aromatic rings. The molecule has 0 aliphatic carbocycles. The van der Waals surface area contributed by atoms with Crippen LogP contribution in [-0.4, -0.2) is 9.13 Å². The molecular weight excluding hydrogens is 753 g/mol. The van der Waals surface area contributed by atoms with E-state index in [1.54, 1.807) is 0 Å². The number of rotatable bonds is 8. The molecule has 0 amide bonds. The highest BCUT2D eigenvalue weighted by atomic mass is 15.1. The minimum absolute atomic E-state index is 1.13. The second-order valence-corrected chi connectivity index (χ2v) is 16.4. The molecule has 62 heavy (non-hydrogen) atoms. The Morgan fingerprint density at radius 3 is 0.935 bits per heavy atom. The van der Waals surface area contributed by atoms with Gasteiger partial charge in [-0.25, -0.2) is 0 Å². The van der Waals surface area contributed by atoms with E-state index in [-0.39, 0.29) is 0 Å². The van der Waals surface area contributed by atoms with Gasteiger partial charge in [-0.3, -0.25) is 0 Å².